The summed E-state index contributed by atoms with van der Waals surface area (Å²) in [6, 6.07) is 0. The highest BCUT2D eigenvalue weighted by Gasteiger charge is 2.37. The van der Waals surface area contributed by atoms with Gasteiger partial charge in [-0.15, -0.1) is 0 Å². The second kappa shape index (κ2) is 4.69. The van der Waals surface area contributed by atoms with Crippen LogP contribution in [-0.4, -0.2) is 20.3 Å². The summed E-state index contributed by atoms with van der Waals surface area (Å²) < 4.78 is 2.01. The molecule has 1 N–H and O–H groups in total. The number of nitrogens with zero attached hydrogens (tertiary/aromatic N) is 2. The molecular formula is C15H26N2O. The number of aromatic nitrogens is 2. The van der Waals surface area contributed by atoms with Crippen LogP contribution in [0.15, 0.2) is 12.4 Å². The van der Waals surface area contributed by atoms with E-state index in [1.54, 1.807) is 6.20 Å². The summed E-state index contributed by atoms with van der Waals surface area (Å²) >= 11 is 0. The summed E-state index contributed by atoms with van der Waals surface area (Å²) in [6.45, 7) is 6.92. The van der Waals surface area contributed by atoms with Gasteiger partial charge < -0.3 is 9.67 Å². The van der Waals surface area contributed by atoms with Gasteiger partial charge >= 0.3 is 0 Å². The first-order chi connectivity index (χ1) is 8.30. The smallest absolute Gasteiger partial charge is 0.111 e. The lowest BCUT2D eigenvalue weighted by Crippen LogP contribution is -2.39. The molecule has 1 saturated carbocycles. The van der Waals surface area contributed by atoms with E-state index in [1.807, 2.05) is 17.8 Å². The third-order valence-corrected chi connectivity index (χ3v) is 4.55. The fourth-order valence-electron chi connectivity index (χ4n) is 3.06. The normalized spacial score (nSPS) is 29.5. The van der Waals surface area contributed by atoms with Crippen molar-refractivity contribution < 1.29 is 5.11 Å². The van der Waals surface area contributed by atoms with Gasteiger partial charge in [0.05, 0.1) is 5.60 Å². The average molecular weight is 250 g/mol. The molecule has 0 aliphatic heterocycles. The van der Waals surface area contributed by atoms with Gasteiger partial charge in [0.15, 0.2) is 0 Å². The quantitative estimate of drug-likeness (QED) is 0.876. The molecule has 1 heterocycles. The second-order valence-electron chi connectivity index (χ2n) is 7.00. The molecule has 1 aromatic rings. The van der Waals surface area contributed by atoms with Crippen LogP contribution in [-0.2, 0) is 13.5 Å². The lowest BCUT2D eigenvalue weighted by Gasteiger charge is -2.41. The number of rotatable bonds is 2. The van der Waals surface area contributed by atoms with Crippen LogP contribution in [0, 0.1) is 11.3 Å². The molecule has 0 bridgehead atoms. The molecule has 0 saturated heterocycles. The zero-order valence-corrected chi connectivity index (χ0v) is 12.1. The molecule has 0 atom stereocenters. The monoisotopic (exact) mass is 250 g/mol. The number of imidazole rings is 1. The highest BCUT2D eigenvalue weighted by Crippen LogP contribution is 2.42. The van der Waals surface area contributed by atoms with Crippen molar-refractivity contribution in [3.05, 3.63) is 18.2 Å². The largest absolute Gasteiger partial charge is 0.389 e. The highest BCUT2D eigenvalue weighted by molar-refractivity contribution is 5.00. The maximum Gasteiger partial charge on any atom is 0.111 e. The Morgan fingerprint density at radius 2 is 2.00 bits per heavy atom. The van der Waals surface area contributed by atoms with Gasteiger partial charge in [-0.1, -0.05) is 20.8 Å². The number of hydrogen-bond donors (Lipinski definition) is 1. The van der Waals surface area contributed by atoms with Crippen LogP contribution in [0.25, 0.3) is 0 Å². The Balaban J connectivity index is 1.97. The molecule has 3 heteroatoms. The molecule has 0 radical (unpaired) electrons. The first kappa shape index (κ1) is 13.6. The molecule has 1 aliphatic carbocycles. The molecular weight excluding hydrogens is 224 g/mol. The Kier molecular flexibility index (Phi) is 3.54. The number of aryl methyl sites for hydroxylation is 1. The van der Waals surface area contributed by atoms with Crippen LogP contribution >= 0.6 is 0 Å². The molecule has 1 fully saturated rings. The zero-order valence-electron chi connectivity index (χ0n) is 12.1. The summed E-state index contributed by atoms with van der Waals surface area (Å²) in [5.41, 5.74) is -0.175. The Morgan fingerprint density at radius 3 is 2.44 bits per heavy atom. The first-order valence-electron chi connectivity index (χ1n) is 6.99. The van der Waals surface area contributed by atoms with E-state index in [0.717, 1.165) is 37.4 Å². The van der Waals surface area contributed by atoms with E-state index in [4.69, 9.17) is 0 Å². The van der Waals surface area contributed by atoms with Crippen LogP contribution < -0.4 is 0 Å². The maximum absolute atomic E-state index is 10.7. The van der Waals surface area contributed by atoms with E-state index in [0.29, 0.717) is 11.8 Å². The Hall–Kier alpha value is -0.830. The topological polar surface area (TPSA) is 38.0 Å². The van der Waals surface area contributed by atoms with Gasteiger partial charge in [-0.05, 0) is 37.0 Å². The molecule has 1 aliphatic rings. The summed E-state index contributed by atoms with van der Waals surface area (Å²) in [5.74, 6) is 1.73. The summed E-state index contributed by atoms with van der Waals surface area (Å²) in [4.78, 5) is 4.33. The lowest BCUT2D eigenvalue weighted by atomic mass is 9.67. The van der Waals surface area contributed by atoms with Crippen molar-refractivity contribution >= 4 is 0 Å². The Labute approximate surface area is 110 Å². The van der Waals surface area contributed by atoms with Crippen LogP contribution in [0.5, 0.6) is 0 Å². The molecule has 18 heavy (non-hydrogen) atoms. The molecule has 1 aromatic heterocycles. The minimum Gasteiger partial charge on any atom is -0.389 e. The molecule has 0 aromatic carbocycles. The van der Waals surface area contributed by atoms with Crippen LogP contribution in [0.1, 0.15) is 52.3 Å². The molecule has 2 rings (SSSR count). The molecule has 0 spiro atoms. The Morgan fingerprint density at radius 1 is 1.39 bits per heavy atom. The zero-order chi connectivity index (χ0) is 13.4. The van der Waals surface area contributed by atoms with Crippen LogP contribution in [0.2, 0.25) is 0 Å². The van der Waals surface area contributed by atoms with Crippen molar-refractivity contribution in [1.82, 2.24) is 9.55 Å². The number of hydrogen-bond acceptors (Lipinski definition) is 2. The molecule has 3 nitrogen and oxygen atoms in total. The molecule has 102 valence electrons. The van der Waals surface area contributed by atoms with E-state index < -0.39 is 5.60 Å². The second-order valence-corrected chi connectivity index (χ2v) is 7.00. The first-order valence-corrected chi connectivity index (χ1v) is 6.99. The van der Waals surface area contributed by atoms with Gasteiger partial charge in [0.1, 0.15) is 5.82 Å². The van der Waals surface area contributed by atoms with Gasteiger partial charge in [-0.25, -0.2) is 4.98 Å². The van der Waals surface area contributed by atoms with Crippen molar-refractivity contribution in [1.29, 1.82) is 0 Å². The minimum atomic E-state index is -0.541. The van der Waals surface area contributed by atoms with Gasteiger partial charge in [-0.3, -0.25) is 0 Å². The van der Waals surface area contributed by atoms with Crippen molar-refractivity contribution in [3.8, 4) is 0 Å². The van der Waals surface area contributed by atoms with Crippen molar-refractivity contribution in [3.63, 3.8) is 0 Å². The predicted molar refractivity (Wildman–Crippen MR) is 73.3 cm³/mol. The van der Waals surface area contributed by atoms with Crippen LogP contribution in [0.3, 0.4) is 0 Å². The van der Waals surface area contributed by atoms with Crippen molar-refractivity contribution in [2.45, 2.75) is 58.5 Å². The Bertz CT molecular complexity index is 395. The predicted octanol–water partition coefficient (Wildman–Crippen LogP) is 2.93. The maximum atomic E-state index is 10.7. The summed E-state index contributed by atoms with van der Waals surface area (Å²) in [7, 11) is 1.99. The number of aliphatic hydroxyl groups is 1. The fraction of sp³-hybridized carbons (Fsp3) is 0.800. The van der Waals surface area contributed by atoms with E-state index in [-0.39, 0.29) is 0 Å². The van der Waals surface area contributed by atoms with Crippen molar-refractivity contribution in [2.75, 3.05) is 0 Å². The molecule has 0 unspecified atom stereocenters. The summed E-state index contributed by atoms with van der Waals surface area (Å²) in [5, 5.41) is 10.7. The summed E-state index contributed by atoms with van der Waals surface area (Å²) in [6.07, 6.45) is 8.50. The average Bonchev–Trinajstić information content (AvgIpc) is 2.63. The van der Waals surface area contributed by atoms with Crippen molar-refractivity contribution in [2.24, 2.45) is 18.4 Å². The van der Waals surface area contributed by atoms with Gasteiger partial charge in [0, 0.05) is 25.9 Å². The molecule has 0 amide bonds. The fourth-order valence-corrected chi connectivity index (χ4v) is 3.06. The van der Waals surface area contributed by atoms with Gasteiger partial charge in [-0.2, -0.15) is 0 Å². The van der Waals surface area contributed by atoms with Gasteiger partial charge in [0.25, 0.3) is 0 Å². The third-order valence-electron chi connectivity index (χ3n) is 4.55. The third kappa shape index (κ3) is 2.94. The van der Waals surface area contributed by atoms with E-state index in [1.165, 1.54) is 0 Å². The standard InChI is InChI=1S/C15H26N2O/c1-14(2,3)12-5-7-15(18,8-6-12)11-13-16-9-10-17(13)4/h9-10,12,18H,5-8,11H2,1-4H3. The van der Waals surface area contributed by atoms with E-state index in [9.17, 15) is 5.11 Å². The van der Waals surface area contributed by atoms with Gasteiger partial charge in [0.2, 0.25) is 0 Å². The van der Waals surface area contributed by atoms with E-state index >= 15 is 0 Å². The van der Waals surface area contributed by atoms with E-state index in [2.05, 4.69) is 25.8 Å². The SMILES string of the molecule is Cn1ccnc1CC1(O)CCC(C(C)(C)C)CC1. The highest BCUT2D eigenvalue weighted by atomic mass is 16.3. The van der Waals surface area contributed by atoms with Crippen LogP contribution in [0.4, 0.5) is 0 Å². The lowest BCUT2D eigenvalue weighted by molar-refractivity contribution is -0.0262. The minimum absolute atomic E-state index is 0.366.